The van der Waals surface area contributed by atoms with Gasteiger partial charge in [-0.2, -0.15) is 0 Å². The maximum absolute atomic E-state index is 13.9. The van der Waals surface area contributed by atoms with E-state index in [1.165, 1.54) is 19.0 Å². The molecule has 38 heavy (non-hydrogen) atoms. The van der Waals surface area contributed by atoms with E-state index in [1.54, 1.807) is 19.1 Å². The van der Waals surface area contributed by atoms with Crippen LogP contribution >= 0.6 is 0 Å². The SMILES string of the molecule is C[C@H]1c2ccc(N3CCCCC3)c(O)c2C(=O)C2=C(O)[C@]3(O)C(=O)C(C(N)=O)C(O)[C@@H](N(C)C)[C@@H]3[C@@H](O)[C@@H]21. The molecule has 11 heteroatoms. The predicted molar refractivity (Wildman–Crippen MR) is 136 cm³/mol. The highest BCUT2D eigenvalue weighted by atomic mass is 16.4. The van der Waals surface area contributed by atoms with Gasteiger partial charge in [0.2, 0.25) is 5.91 Å². The normalized spacial score (nSPS) is 37.1. The number of primary amides is 1. The first-order chi connectivity index (χ1) is 17.8. The Morgan fingerprint density at radius 2 is 1.71 bits per heavy atom. The Labute approximate surface area is 220 Å². The van der Waals surface area contributed by atoms with Crippen LogP contribution in [0.15, 0.2) is 23.5 Å². The van der Waals surface area contributed by atoms with Gasteiger partial charge in [0.05, 0.1) is 23.5 Å². The van der Waals surface area contributed by atoms with Crippen LogP contribution < -0.4 is 10.6 Å². The van der Waals surface area contributed by atoms with E-state index in [4.69, 9.17) is 5.73 Å². The third-order valence-corrected chi connectivity index (χ3v) is 9.17. The van der Waals surface area contributed by atoms with Crippen molar-refractivity contribution >= 4 is 23.2 Å². The summed E-state index contributed by atoms with van der Waals surface area (Å²) in [5.74, 6) is -9.52. The van der Waals surface area contributed by atoms with Crippen LogP contribution in [0.1, 0.15) is 48.0 Å². The van der Waals surface area contributed by atoms with Gasteiger partial charge < -0.3 is 41.1 Å². The molecular weight excluding hydrogens is 494 g/mol. The van der Waals surface area contributed by atoms with Gasteiger partial charge in [-0.3, -0.25) is 14.4 Å². The molecule has 1 aromatic carbocycles. The number of phenols is 1. The summed E-state index contributed by atoms with van der Waals surface area (Å²) in [5.41, 5.74) is 3.07. The maximum Gasteiger partial charge on any atom is 0.230 e. The predicted octanol–water partition coefficient (Wildman–Crippen LogP) is -0.192. The number of aliphatic hydroxyl groups is 4. The highest BCUT2D eigenvalue weighted by Crippen LogP contribution is 2.56. The minimum Gasteiger partial charge on any atom is -0.508 e. The number of rotatable bonds is 3. The van der Waals surface area contributed by atoms with Crippen molar-refractivity contribution in [2.24, 2.45) is 23.5 Å². The Bertz CT molecular complexity index is 1240. The summed E-state index contributed by atoms with van der Waals surface area (Å²) in [6.07, 6.45) is -0.278. The molecule has 5 rings (SSSR count). The van der Waals surface area contributed by atoms with Crippen molar-refractivity contribution < 1.29 is 39.9 Å². The fraction of sp³-hybridized carbons (Fsp3) is 0.593. The molecule has 8 atom stereocenters. The highest BCUT2D eigenvalue weighted by molar-refractivity contribution is 6.16. The summed E-state index contributed by atoms with van der Waals surface area (Å²) in [7, 11) is 3.08. The number of anilines is 1. The van der Waals surface area contributed by atoms with Crippen molar-refractivity contribution in [3.05, 3.63) is 34.6 Å². The molecule has 7 N–H and O–H groups in total. The number of likely N-dealkylation sites (N-methyl/N-ethyl adjacent to an activating group) is 1. The van der Waals surface area contributed by atoms with Crippen molar-refractivity contribution in [2.45, 2.75) is 56.0 Å². The summed E-state index contributed by atoms with van der Waals surface area (Å²) in [6.45, 7) is 3.16. The number of hydrogen-bond donors (Lipinski definition) is 6. The van der Waals surface area contributed by atoms with Gasteiger partial charge in [-0.1, -0.05) is 13.0 Å². The Morgan fingerprint density at radius 3 is 2.29 bits per heavy atom. The van der Waals surface area contributed by atoms with E-state index < -0.39 is 70.8 Å². The summed E-state index contributed by atoms with van der Waals surface area (Å²) < 4.78 is 0. The first-order valence-corrected chi connectivity index (χ1v) is 13.0. The number of amides is 1. The number of carbonyl (C=O) groups excluding carboxylic acids is 3. The van der Waals surface area contributed by atoms with Crippen LogP contribution in [0.2, 0.25) is 0 Å². The molecule has 1 aromatic rings. The molecular formula is C27H35N3O8. The molecule has 1 heterocycles. The topological polar surface area (TPSA) is 185 Å². The van der Waals surface area contributed by atoms with Gasteiger partial charge >= 0.3 is 0 Å². The van der Waals surface area contributed by atoms with Crippen molar-refractivity contribution in [2.75, 3.05) is 32.1 Å². The second-order valence-corrected chi connectivity index (χ2v) is 11.3. The summed E-state index contributed by atoms with van der Waals surface area (Å²) in [6, 6.07) is 2.32. The zero-order valence-electron chi connectivity index (χ0n) is 21.7. The molecule has 0 aromatic heterocycles. The minimum absolute atomic E-state index is 0.0495. The molecule has 11 nitrogen and oxygen atoms in total. The zero-order valence-corrected chi connectivity index (χ0v) is 21.7. The number of Topliss-reactive ketones (excluding diaryl/α,β-unsaturated/α-hetero) is 2. The molecule has 1 saturated heterocycles. The quantitative estimate of drug-likeness (QED) is 0.287. The van der Waals surface area contributed by atoms with E-state index >= 15 is 0 Å². The minimum atomic E-state index is -2.86. The standard InChI is InChI=1S/C27H35N3O8/c1-11-12-7-8-13(30-9-5-4-6-10-30)20(31)15(12)21(32)16-14(11)22(33)18-19(29(2)3)23(34)17(26(28)37)25(36)27(18,38)24(16)35/h7-8,11,14,17-19,22-23,31,33-35,38H,4-6,9-10H2,1-3H3,(H2,28,37)/t11-,14+,17?,18+,19-,22-,23?,27-/m0/s1. The number of nitrogens with zero attached hydrogens (tertiary/aromatic N) is 2. The number of piperidine rings is 1. The number of phenolic OH excluding ortho intramolecular Hbond substituents is 1. The molecule has 4 aliphatic rings. The zero-order chi connectivity index (χ0) is 27.8. The number of aromatic hydroxyl groups is 1. The van der Waals surface area contributed by atoms with Crippen molar-refractivity contribution in [3.63, 3.8) is 0 Å². The number of hydrogen-bond acceptors (Lipinski definition) is 10. The molecule has 1 saturated carbocycles. The van der Waals surface area contributed by atoms with Crippen LogP contribution in [0.4, 0.5) is 5.69 Å². The number of carbonyl (C=O) groups is 3. The molecule has 206 valence electrons. The molecule has 1 aliphatic heterocycles. The Hall–Kier alpha value is -2.99. The van der Waals surface area contributed by atoms with Gasteiger partial charge in [0.1, 0.15) is 17.4 Å². The van der Waals surface area contributed by atoms with Crippen LogP contribution in [0.25, 0.3) is 0 Å². The van der Waals surface area contributed by atoms with Crippen molar-refractivity contribution in [1.82, 2.24) is 4.90 Å². The second kappa shape index (κ2) is 9.04. The van der Waals surface area contributed by atoms with Crippen LogP contribution in [0.5, 0.6) is 5.75 Å². The van der Waals surface area contributed by atoms with Gasteiger partial charge in [-0.15, -0.1) is 0 Å². The van der Waals surface area contributed by atoms with E-state index in [0.29, 0.717) is 24.3 Å². The molecule has 2 fully saturated rings. The van der Waals surface area contributed by atoms with E-state index in [-0.39, 0.29) is 16.9 Å². The fourth-order valence-electron chi connectivity index (χ4n) is 7.36. The van der Waals surface area contributed by atoms with E-state index in [0.717, 1.165) is 19.3 Å². The highest BCUT2D eigenvalue weighted by Gasteiger charge is 2.69. The van der Waals surface area contributed by atoms with Crippen molar-refractivity contribution in [1.29, 1.82) is 0 Å². The first-order valence-electron chi connectivity index (χ1n) is 13.0. The van der Waals surface area contributed by atoms with Gasteiger partial charge in [-0.25, -0.2) is 0 Å². The van der Waals surface area contributed by atoms with E-state index in [1.807, 2.05) is 4.90 Å². The molecule has 0 spiro atoms. The van der Waals surface area contributed by atoms with Gasteiger partial charge in [0.25, 0.3) is 0 Å². The lowest BCUT2D eigenvalue weighted by Crippen LogP contribution is -2.74. The number of benzene rings is 1. The molecule has 2 unspecified atom stereocenters. The van der Waals surface area contributed by atoms with Crippen LogP contribution in [0, 0.1) is 17.8 Å². The summed E-state index contributed by atoms with van der Waals surface area (Å²) in [5, 5.41) is 57.2. The molecule has 0 radical (unpaired) electrons. The summed E-state index contributed by atoms with van der Waals surface area (Å²) in [4.78, 5) is 43.1. The van der Waals surface area contributed by atoms with Gasteiger partial charge in [0.15, 0.2) is 17.2 Å². The number of fused-ring (bicyclic) bond motifs is 3. The Kier molecular flexibility index (Phi) is 6.33. The number of aliphatic hydroxyl groups excluding tert-OH is 3. The van der Waals surface area contributed by atoms with E-state index in [9.17, 15) is 39.9 Å². The average Bonchev–Trinajstić information content (AvgIpc) is 2.86. The average molecular weight is 530 g/mol. The van der Waals surface area contributed by atoms with Crippen molar-refractivity contribution in [3.8, 4) is 5.75 Å². The van der Waals surface area contributed by atoms with Gasteiger partial charge in [0, 0.05) is 36.5 Å². The third kappa shape index (κ3) is 3.38. The monoisotopic (exact) mass is 529 g/mol. The first kappa shape index (κ1) is 26.6. The second-order valence-electron chi connectivity index (χ2n) is 11.3. The third-order valence-electron chi connectivity index (χ3n) is 9.17. The smallest absolute Gasteiger partial charge is 0.230 e. The largest absolute Gasteiger partial charge is 0.508 e. The maximum atomic E-state index is 13.9. The van der Waals surface area contributed by atoms with Crippen LogP contribution in [0.3, 0.4) is 0 Å². The number of ketones is 2. The number of nitrogens with two attached hydrogens (primary N) is 1. The molecule has 3 aliphatic carbocycles. The lowest BCUT2D eigenvalue weighted by molar-refractivity contribution is -0.194. The van der Waals surface area contributed by atoms with Gasteiger partial charge in [-0.05, 0) is 50.9 Å². The van der Waals surface area contributed by atoms with E-state index in [2.05, 4.69) is 0 Å². The molecule has 1 amide bonds. The Morgan fingerprint density at radius 1 is 1.08 bits per heavy atom. The lowest BCUT2D eigenvalue weighted by Gasteiger charge is -2.56. The van der Waals surface area contributed by atoms with Crippen LogP contribution in [-0.2, 0) is 9.59 Å². The fourth-order valence-corrected chi connectivity index (χ4v) is 7.36. The molecule has 0 bridgehead atoms. The van der Waals surface area contributed by atoms with Crippen LogP contribution in [-0.4, -0.2) is 98.9 Å². The Balaban J connectivity index is 1.72. The summed E-state index contributed by atoms with van der Waals surface area (Å²) >= 11 is 0. The lowest BCUT2D eigenvalue weighted by atomic mass is 9.53.